The van der Waals surface area contributed by atoms with Crippen molar-refractivity contribution in [3.63, 3.8) is 0 Å². The number of rotatable bonds is 1. The van der Waals surface area contributed by atoms with Gasteiger partial charge in [0.1, 0.15) is 0 Å². The second-order valence-corrected chi connectivity index (χ2v) is 3.29. The van der Waals surface area contributed by atoms with E-state index in [2.05, 4.69) is 32.9 Å². The van der Waals surface area contributed by atoms with E-state index in [1.54, 1.807) is 0 Å². The molecule has 0 unspecified atom stereocenters. The zero-order chi connectivity index (χ0) is 8.43. The lowest BCUT2D eigenvalue weighted by Crippen LogP contribution is -1.87. The van der Waals surface area contributed by atoms with Crippen LogP contribution in [0, 0.1) is 13.8 Å². The van der Waals surface area contributed by atoms with Crippen LogP contribution in [-0.4, -0.2) is 0 Å². The van der Waals surface area contributed by atoms with Crippen molar-refractivity contribution in [3.05, 3.63) is 33.8 Å². The highest BCUT2D eigenvalue weighted by atomic mass is 35.5. The molecular weight excluding hydrogens is 156 g/mol. The summed E-state index contributed by atoms with van der Waals surface area (Å²) in [6.07, 6.45) is 1.02. The lowest BCUT2D eigenvalue weighted by molar-refractivity contribution is 1.12. The molecule has 1 heteroatoms. The standard InChI is InChI=1S/C10H13Cl/c1-4-9-6-7(2)5-8(3)10(9)11/h5-6H,4H2,1-3H3. The SMILES string of the molecule is CCc1cc(C)cc(C)c1Cl. The number of aryl methyl sites for hydroxylation is 3. The summed E-state index contributed by atoms with van der Waals surface area (Å²) >= 11 is 6.07. The van der Waals surface area contributed by atoms with E-state index in [1.807, 2.05) is 0 Å². The predicted molar refractivity (Wildman–Crippen MR) is 50.3 cm³/mol. The van der Waals surface area contributed by atoms with Gasteiger partial charge in [-0.15, -0.1) is 0 Å². The van der Waals surface area contributed by atoms with Crippen LogP contribution in [0.3, 0.4) is 0 Å². The number of hydrogen-bond donors (Lipinski definition) is 0. The Morgan fingerprint density at radius 1 is 1.27 bits per heavy atom. The predicted octanol–water partition coefficient (Wildman–Crippen LogP) is 3.52. The Bertz CT molecular complexity index is 264. The highest BCUT2D eigenvalue weighted by Crippen LogP contribution is 2.22. The van der Waals surface area contributed by atoms with Gasteiger partial charge in [0.15, 0.2) is 0 Å². The quantitative estimate of drug-likeness (QED) is 0.602. The van der Waals surface area contributed by atoms with Crippen LogP contribution in [0.25, 0.3) is 0 Å². The highest BCUT2D eigenvalue weighted by Gasteiger charge is 2.01. The van der Waals surface area contributed by atoms with Crippen LogP contribution in [-0.2, 0) is 6.42 Å². The van der Waals surface area contributed by atoms with Crippen LogP contribution < -0.4 is 0 Å². The second-order valence-electron chi connectivity index (χ2n) is 2.91. The number of hydrogen-bond acceptors (Lipinski definition) is 0. The van der Waals surface area contributed by atoms with Crippen LogP contribution in [0.5, 0.6) is 0 Å². The van der Waals surface area contributed by atoms with Crippen molar-refractivity contribution in [1.29, 1.82) is 0 Å². The minimum atomic E-state index is 0.929. The summed E-state index contributed by atoms with van der Waals surface area (Å²) in [6.45, 7) is 6.27. The molecular formula is C10H13Cl. The van der Waals surface area contributed by atoms with E-state index < -0.39 is 0 Å². The zero-order valence-corrected chi connectivity index (χ0v) is 8.00. The molecule has 1 rings (SSSR count). The first-order valence-corrected chi connectivity index (χ1v) is 4.28. The molecule has 0 atom stereocenters. The van der Waals surface area contributed by atoms with E-state index in [-0.39, 0.29) is 0 Å². The molecule has 0 fully saturated rings. The van der Waals surface area contributed by atoms with Crippen LogP contribution in [0.15, 0.2) is 12.1 Å². The molecule has 0 aliphatic carbocycles. The third kappa shape index (κ3) is 1.75. The van der Waals surface area contributed by atoms with Gasteiger partial charge in [-0.25, -0.2) is 0 Å². The monoisotopic (exact) mass is 168 g/mol. The molecule has 0 radical (unpaired) electrons. The zero-order valence-electron chi connectivity index (χ0n) is 7.24. The van der Waals surface area contributed by atoms with E-state index in [9.17, 15) is 0 Å². The Balaban J connectivity index is 3.24. The van der Waals surface area contributed by atoms with Crippen LogP contribution in [0.4, 0.5) is 0 Å². The van der Waals surface area contributed by atoms with Gasteiger partial charge in [-0.3, -0.25) is 0 Å². The van der Waals surface area contributed by atoms with E-state index in [1.165, 1.54) is 16.7 Å². The Labute approximate surface area is 73.2 Å². The average molecular weight is 169 g/mol. The molecule has 0 heterocycles. The molecule has 0 aliphatic heterocycles. The molecule has 60 valence electrons. The van der Waals surface area contributed by atoms with Crippen molar-refractivity contribution in [2.75, 3.05) is 0 Å². The highest BCUT2D eigenvalue weighted by molar-refractivity contribution is 6.32. The largest absolute Gasteiger partial charge is 0.0837 e. The van der Waals surface area contributed by atoms with E-state index in [4.69, 9.17) is 11.6 Å². The van der Waals surface area contributed by atoms with Crippen molar-refractivity contribution in [1.82, 2.24) is 0 Å². The summed E-state index contributed by atoms with van der Waals surface area (Å²) in [5.74, 6) is 0. The minimum Gasteiger partial charge on any atom is -0.0837 e. The molecule has 0 bridgehead atoms. The molecule has 0 N–H and O–H groups in total. The Kier molecular flexibility index (Phi) is 2.56. The lowest BCUT2D eigenvalue weighted by Gasteiger charge is -2.05. The Morgan fingerprint density at radius 2 is 1.91 bits per heavy atom. The Morgan fingerprint density at radius 3 is 2.45 bits per heavy atom. The van der Waals surface area contributed by atoms with Gasteiger partial charge in [-0.1, -0.05) is 36.2 Å². The van der Waals surface area contributed by atoms with E-state index in [0.29, 0.717) is 0 Å². The normalized spacial score (nSPS) is 10.2. The van der Waals surface area contributed by atoms with Crippen molar-refractivity contribution in [2.24, 2.45) is 0 Å². The van der Waals surface area contributed by atoms with Gasteiger partial charge in [0.2, 0.25) is 0 Å². The second kappa shape index (κ2) is 3.27. The Hall–Kier alpha value is -0.490. The number of benzene rings is 1. The summed E-state index contributed by atoms with van der Waals surface area (Å²) in [7, 11) is 0. The lowest BCUT2D eigenvalue weighted by atomic mass is 10.1. The summed E-state index contributed by atoms with van der Waals surface area (Å²) < 4.78 is 0. The van der Waals surface area contributed by atoms with Crippen LogP contribution >= 0.6 is 11.6 Å². The fourth-order valence-electron chi connectivity index (χ4n) is 1.30. The van der Waals surface area contributed by atoms with Gasteiger partial charge in [0, 0.05) is 5.02 Å². The van der Waals surface area contributed by atoms with Gasteiger partial charge in [0.25, 0.3) is 0 Å². The van der Waals surface area contributed by atoms with Gasteiger partial charge in [-0.05, 0) is 31.4 Å². The molecule has 0 amide bonds. The third-order valence-electron chi connectivity index (χ3n) is 1.86. The average Bonchev–Trinajstić information content (AvgIpc) is 1.96. The molecule has 0 saturated carbocycles. The first-order chi connectivity index (χ1) is 5.15. The fourth-order valence-corrected chi connectivity index (χ4v) is 1.54. The smallest absolute Gasteiger partial charge is 0.0467 e. The van der Waals surface area contributed by atoms with Crippen LogP contribution in [0.1, 0.15) is 23.6 Å². The van der Waals surface area contributed by atoms with Crippen molar-refractivity contribution in [2.45, 2.75) is 27.2 Å². The van der Waals surface area contributed by atoms with Crippen molar-refractivity contribution in [3.8, 4) is 0 Å². The first-order valence-electron chi connectivity index (χ1n) is 3.90. The van der Waals surface area contributed by atoms with Gasteiger partial charge in [-0.2, -0.15) is 0 Å². The minimum absolute atomic E-state index is 0.929. The summed E-state index contributed by atoms with van der Waals surface area (Å²) in [6, 6.07) is 4.26. The number of halogens is 1. The molecule has 1 aromatic carbocycles. The summed E-state index contributed by atoms with van der Waals surface area (Å²) in [4.78, 5) is 0. The van der Waals surface area contributed by atoms with E-state index >= 15 is 0 Å². The maximum absolute atomic E-state index is 6.07. The maximum atomic E-state index is 6.07. The third-order valence-corrected chi connectivity index (χ3v) is 2.40. The van der Waals surface area contributed by atoms with E-state index in [0.717, 1.165) is 11.4 Å². The topological polar surface area (TPSA) is 0 Å². The molecule has 0 saturated heterocycles. The first kappa shape index (κ1) is 8.61. The molecule has 0 nitrogen and oxygen atoms in total. The van der Waals surface area contributed by atoms with Gasteiger partial charge >= 0.3 is 0 Å². The molecule has 0 spiro atoms. The van der Waals surface area contributed by atoms with Crippen LogP contribution in [0.2, 0.25) is 5.02 Å². The molecule has 1 aromatic rings. The van der Waals surface area contributed by atoms with Crippen molar-refractivity contribution >= 4 is 11.6 Å². The molecule has 0 aromatic heterocycles. The molecule has 11 heavy (non-hydrogen) atoms. The van der Waals surface area contributed by atoms with Gasteiger partial charge < -0.3 is 0 Å². The molecule has 0 aliphatic rings. The van der Waals surface area contributed by atoms with Crippen molar-refractivity contribution < 1.29 is 0 Å². The summed E-state index contributed by atoms with van der Waals surface area (Å²) in [5.41, 5.74) is 3.73. The summed E-state index contributed by atoms with van der Waals surface area (Å²) in [5, 5.41) is 0.929. The van der Waals surface area contributed by atoms with Gasteiger partial charge in [0.05, 0.1) is 0 Å². The fraction of sp³-hybridized carbons (Fsp3) is 0.400. The maximum Gasteiger partial charge on any atom is 0.0467 e.